The van der Waals surface area contributed by atoms with Crippen molar-refractivity contribution in [3.05, 3.63) is 30.3 Å². The van der Waals surface area contributed by atoms with Gasteiger partial charge >= 0.3 is 5.97 Å². The van der Waals surface area contributed by atoms with Crippen LogP contribution in [0, 0.1) is 0 Å². The summed E-state index contributed by atoms with van der Waals surface area (Å²) in [4.78, 5) is 12.0. The molecule has 0 saturated carbocycles. The van der Waals surface area contributed by atoms with Crippen LogP contribution in [0.5, 0.6) is 0 Å². The third-order valence-corrected chi connectivity index (χ3v) is 4.73. The molecule has 4 heteroatoms. The lowest BCUT2D eigenvalue weighted by Gasteiger charge is -2.23. The van der Waals surface area contributed by atoms with Crippen LogP contribution in [0.4, 0.5) is 0 Å². The predicted molar refractivity (Wildman–Crippen MR) is 61.4 cm³/mol. The van der Waals surface area contributed by atoms with E-state index in [2.05, 4.69) is 0 Å². The molecular formula is C12H14O3S. The summed E-state index contributed by atoms with van der Waals surface area (Å²) < 4.78 is 17.5. The molecule has 1 aliphatic heterocycles. The molecule has 1 saturated heterocycles. The Bertz CT molecular complexity index is 425. The van der Waals surface area contributed by atoms with E-state index in [0.29, 0.717) is 0 Å². The predicted octanol–water partition coefficient (Wildman–Crippen LogP) is 1.89. The van der Waals surface area contributed by atoms with Crippen molar-refractivity contribution in [2.24, 2.45) is 0 Å². The molecule has 1 aliphatic rings. The topological polar surface area (TPSA) is 43.4 Å². The first-order valence-electron chi connectivity index (χ1n) is 5.18. The Hall–Kier alpha value is -1.16. The van der Waals surface area contributed by atoms with Gasteiger partial charge in [-0.1, -0.05) is 18.2 Å². The molecule has 0 radical (unpaired) electrons. The largest absolute Gasteiger partial charge is 0.458 e. The van der Waals surface area contributed by atoms with E-state index in [4.69, 9.17) is 4.74 Å². The van der Waals surface area contributed by atoms with Crippen molar-refractivity contribution in [3.63, 3.8) is 0 Å². The minimum atomic E-state index is -1.19. The highest BCUT2D eigenvalue weighted by Crippen LogP contribution is 2.32. The van der Waals surface area contributed by atoms with E-state index in [1.165, 1.54) is 0 Å². The summed E-state index contributed by atoms with van der Waals surface area (Å²) in [6.07, 6.45) is 0.231. The Balaban J connectivity index is 2.27. The second-order valence-electron chi connectivity index (χ2n) is 4.38. The first kappa shape index (κ1) is 11.3. The van der Waals surface area contributed by atoms with Gasteiger partial charge in [-0.2, -0.15) is 0 Å². The normalized spacial score (nSPS) is 25.1. The Morgan fingerprint density at radius 3 is 2.44 bits per heavy atom. The van der Waals surface area contributed by atoms with Crippen molar-refractivity contribution in [2.45, 2.75) is 36.0 Å². The van der Waals surface area contributed by atoms with Crippen molar-refractivity contribution < 1.29 is 13.7 Å². The lowest BCUT2D eigenvalue weighted by Crippen LogP contribution is -2.35. The smallest absolute Gasteiger partial charge is 0.307 e. The molecule has 1 heterocycles. The molecule has 0 N–H and O–H groups in total. The highest BCUT2D eigenvalue weighted by atomic mass is 32.2. The summed E-state index contributed by atoms with van der Waals surface area (Å²) in [5.74, 6) is -0.265. The first-order chi connectivity index (χ1) is 7.50. The molecule has 1 aromatic rings. The van der Waals surface area contributed by atoms with E-state index in [1.54, 1.807) is 0 Å². The van der Waals surface area contributed by atoms with E-state index in [1.807, 2.05) is 44.2 Å². The van der Waals surface area contributed by atoms with E-state index in [9.17, 15) is 9.00 Å². The van der Waals surface area contributed by atoms with Crippen LogP contribution < -0.4 is 0 Å². The first-order valence-corrected chi connectivity index (χ1v) is 6.39. The lowest BCUT2D eigenvalue weighted by atomic mass is 10.1. The van der Waals surface area contributed by atoms with Crippen LogP contribution in [0.2, 0.25) is 0 Å². The molecule has 0 spiro atoms. The van der Waals surface area contributed by atoms with Crippen LogP contribution >= 0.6 is 0 Å². The second-order valence-corrected chi connectivity index (χ2v) is 6.02. The van der Waals surface area contributed by atoms with Gasteiger partial charge in [0.2, 0.25) is 0 Å². The fourth-order valence-corrected chi connectivity index (χ4v) is 3.46. The molecule has 1 fully saturated rings. The lowest BCUT2D eigenvalue weighted by molar-refractivity contribution is -0.145. The molecular weight excluding hydrogens is 224 g/mol. The van der Waals surface area contributed by atoms with Crippen LogP contribution in [0.3, 0.4) is 0 Å². The number of carbonyl (C=O) groups is 1. The number of benzene rings is 1. The quantitative estimate of drug-likeness (QED) is 0.739. The molecule has 2 unspecified atom stereocenters. The summed E-state index contributed by atoms with van der Waals surface area (Å²) >= 11 is 0. The SMILES string of the molecule is CC1(C)OC(=O)CC1S(=O)c1ccccc1. The van der Waals surface area contributed by atoms with Gasteiger partial charge in [0.25, 0.3) is 0 Å². The zero-order valence-corrected chi connectivity index (χ0v) is 10.1. The van der Waals surface area contributed by atoms with E-state index < -0.39 is 16.4 Å². The maximum Gasteiger partial charge on any atom is 0.307 e. The third kappa shape index (κ3) is 2.02. The molecule has 0 aliphatic carbocycles. The zero-order valence-electron chi connectivity index (χ0n) is 9.30. The Labute approximate surface area is 97.3 Å². The number of hydrogen-bond acceptors (Lipinski definition) is 3. The van der Waals surface area contributed by atoms with Crippen LogP contribution in [0.25, 0.3) is 0 Å². The van der Waals surface area contributed by atoms with E-state index >= 15 is 0 Å². The average Bonchev–Trinajstić information content (AvgIpc) is 2.52. The van der Waals surface area contributed by atoms with Crippen LogP contribution in [-0.2, 0) is 20.3 Å². The number of esters is 1. The average molecular weight is 238 g/mol. The summed E-state index contributed by atoms with van der Waals surface area (Å²) in [6, 6.07) is 9.20. The monoisotopic (exact) mass is 238 g/mol. The van der Waals surface area contributed by atoms with Crippen molar-refractivity contribution in [1.29, 1.82) is 0 Å². The summed E-state index contributed by atoms with van der Waals surface area (Å²) in [6.45, 7) is 3.62. The highest BCUT2D eigenvalue weighted by molar-refractivity contribution is 7.85. The van der Waals surface area contributed by atoms with E-state index in [-0.39, 0.29) is 17.6 Å². The molecule has 2 rings (SSSR count). The van der Waals surface area contributed by atoms with Gasteiger partial charge < -0.3 is 4.74 Å². The third-order valence-electron chi connectivity index (χ3n) is 2.74. The Morgan fingerprint density at radius 1 is 1.31 bits per heavy atom. The van der Waals surface area contributed by atoms with Crippen molar-refractivity contribution >= 4 is 16.8 Å². The number of hydrogen-bond donors (Lipinski definition) is 0. The second kappa shape index (κ2) is 4.01. The number of rotatable bonds is 2. The van der Waals surface area contributed by atoms with Crippen molar-refractivity contribution in [1.82, 2.24) is 0 Å². The molecule has 1 aromatic carbocycles. The Morgan fingerprint density at radius 2 is 1.94 bits per heavy atom. The molecule has 0 bridgehead atoms. The summed E-state index contributed by atoms with van der Waals surface area (Å²) in [7, 11) is -1.19. The molecule has 16 heavy (non-hydrogen) atoms. The fourth-order valence-electron chi connectivity index (χ4n) is 1.85. The molecule has 3 nitrogen and oxygen atoms in total. The standard InChI is InChI=1S/C12H14O3S/c1-12(2)10(8-11(13)15-12)16(14)9-6-4-3-5-7-9/h3-7,10H,8H2,1-2H3. The zero-order chi connectivity index (χ0) is 11.8. The fraction of sp³-hybridized carbons (Fsp3) is 0.417. The van der Waals surface area contributed by atoms with Crippen molar-refractivity contribution in [3.8, 4) is 0 Å². The Kier molecular flexibility index (Phi) is 2.84. The van der Waals surface area contributed by atoms with Crippen LogP contribution in [0.15, 0.2) is 35.2 Å². The maximum atomic E-state index is 12.3. The van der Waals surface area contributed by atoms with Gasteiger partial charge in [-0.3, -0.25) is 9.00 Å². The van der Waals surface area contributed by atoms with Crippen LogP contribution in [-0.4, -0.2) is 21.0 Å². The van der Waals surface area contributed by atoms with Gasteiger partial charge in [-0.15, -0.1) is 0 Å². The minimum Gasteiger partial charge on any atom is -0.458 e. The highest BCUT2D eigenvalue weighted by Gasteiger charge is 2.45. The van der Waals surface area contributed by atoms with Gasteiger partial charge in [0.1, 0.15) is 5.60 Å². The summed E-state index contributed by atoms with van der Waals surface area (Å²) in [5, 5.41) is -0.262. The molecule has 86 valence electrons. The van der Waals surface area contributed by atoms with Crippen molar-refractivity contribution in [2.75, 3.05) is 0 Å². The maximum absolute atomic E-state index is 12.3. The van der Waals surface area contributed by atoms with Gasteiger partial charge in [-0.05, 0) is 26.0 Å². The molecule has 2 atom stereocenters. The van der Waals surface area contributed by atoms with E-state index in [0.717, 1.165) is 4.90 Å². The summed E-state index contributed by atoms with van der Waals surface area (Å²) in [5.41, 5.74) is -0.641. The number of ether oxygens (including phenoxy) is 1. The van der Waals surface area contributed by atoms with Gasteiger partial charge in [0.05, 0.1) is 22.5 Å². The molecule has 0 amide bonds. The number of cyclic esters (lactones) is 1. The van der Waals surface area contributed by atoms with Gasteiger partial charge in [0.15, 0.2) is 0 Å². The molecule has 0 aromatic heterocycles. The number of carbonyl (C=O) groups excluding carboxylic acids is 1. The van der Waals surface area contributed by atoms with Gasteiger partial charge in [-0.25, -0.2) is 0 Å². The van der Waals surface area contributed by atoms with Crippen LogP contribution in [0.1, 0.15) is 20.3 Å². The van der Waals surface area contributed by atoms with Gasteiger partial charge in [0, 0.05) is 4.90 Å². The minimum absolute atomic E-state index is 0.231.